The van der Waals surface area contributed by atoms with Crippen LogP contribution in [-0.2, 0) is 10.2 Å². The fourth-order valence-electron chi connectivity index (χ4n) is 1.85. The third-order valence-electron chi connectivity index (χ3n) is 3.96. The second kappa shape index (κ2) is 6.80. The van der Waals surface area contributed by atoms with Crippen molar-refractivity contribution in [3.05, 3.63) is 11.1 Å². The molecular formula is C14H24N2O2S2. The van der Waals surface area contributed by atoms with E-state index >= 15 is 0 Å². The maximum absolute atomic E-state index is 11.2. The molecule has 20 heavy (non-hydrogen) atoms. The van der Waals surface area contributed by atoms with Gasteiger partial charge in [-0.15, -0.1) is 11.3 Å². The highest BCUT2D eigenvalue weighted by Crippen LogP contribution is 2.32. The fourth-order valence-corrected chi connectivity index (χ4v) is 3.52. The molecule has 1 aromatic rings. The van der Waals surface area contributed by atoms with Crippen LogP contribution in [0.15, 0.2) is 5.38 Å². The first-order valence-electron chi connectivity index (χ1n) is 6.79. The number of aromatic nitrogens is 1. The minimum atomic E-state index is -0.942. The Labute approximate surface area is 129 Å². The minimum absolute atomic E-state index is 0.216. The van der Waals surface area contributed by atoms with Crippen LogP contribution in [0.3, 0.4) is 0 Å². The van der Waals surface area contributed by atoms with Gasteiger partial charge in [-0.25, -0.2) is 4.98 Å². The zero-order valence-corrected chi connectivity index (χ0v) is 14.5. The molecule has 0 saturated carbocycles. The van der Waals surface area contributed by atoms with E-state index in [1.807, 2.05) is 17.1 Å². The van der Waals surface area contributed by atoms with Gasteiger partial charge in [-0.1, -0.05) is 13.8 Å². The van der Waals surface area contributed by atoms with E-state index in [-0.39, 0.29) is 4.75 Å². The summed E-state index contributed by atoms with van der Waals surface area (Å²) in [6.07, 6.45) is 4.32. The summed E-state index contributed by atoms with van der Waals surface area (Å²) in [6, 6.07) is 0. The highest BCUT2D eigenvalue weighted by molar-refractivity contribution is 8.00. The van der Waals surface area contributed by atoms with Crippen LogP contribution in [0.1, 0.15) is 46.2 Å². The van der Waals surface area contributed by atoms with E-state index in [1.165, 1.54) is 11.3 Å². The molecule has 0 saturated heterocycles. The Morgan fingerprint density at radius 3 is 2.50 bits per heavy atom. The van der Waals surface area contributed by atoms with Gasteiger partial charge >= 0.3 is 5.97 Å². The lowest BCUT2D eigenvalue weighted by atomic mass is 9.90. The molecule has 4 nitrogen and oxygen atoms in total. The SMILES string of the molecule is CCC(CC)(CNc1nc(C(C)(C)C(=O)O)cs1)SC. The number of aliphatic carboxylic acids is 1. The summed E-state index contributed by atoms with van der Waals surface area (Å²) in [5.41, 5.74) is -0.331. The minimum Gasteiger partial charge on any atom is -0.481 e. The molecule has 1 aromatic heterocycles. The predicted molar refractivity (Wildman–Crippen MR) is 88.1 cm³/mol. The van der Waals surface area contributed by atoms with Crippen LogP contribution in [0.2, 0.25) is 0 Å². The zero-order valence-electron chi connectivity index (χ0n) is 12.8. The molecule has 2 N–H and O–H groups in total. The number of anilines is 1. The smallest absolute Gasteiger partial charge is 0.315 e. The number of thiazole rings is 1. The van der Waals surface area contributed by atoms with Crippen LogP contribution < -0.4 is 5.32 Å². The van der Waals surface area contributed by atoms with Crippen molar-refractivity contribution < 1.29 is 9.90 Å². The van der Waals surface area contributed by atoms with Crippen LogP contribution in [0.25, 0.3) is 0 Å². The summed E-state index contributed by atoms with van der Waals surface area (Å²) in [5, 5.41) is 15.2. The molecule has 0 aliphatic carbocycles. The van der Waals surface area contributed by atoms with Gasteiger partial charge in [-0.3, -0.25) is 4.79 Å². The van der Waals surface area contributed by atoms with Crippen LogP contribution in [-0.4, -0.2) is 33.6 Å². The summed E-state index contributed by atoms with van der Waals surface area (Å²) >= 11 is 3.35. The summed E-state index contributed by atoms with van der Waals surface area (Å²) in [4.78, 5) is 15.7. The first-order valence-corrected chi connectivity index (χ1v) is 8.90. The molecule has 6 heteroatoms. The molecule has 0 atom stereocenters. The zero-order chi connectivity index (χ0) is 15.4. The van der Waals surface area contributed by atoms with E-state index in [9.17, 15) is 9.90 Å². The average Bonchev–Trinajstić information content (AvgIpc) is 2.90. The molecule has 0 aliphatic rings. The third-order valence-corrected chi connectivity index (χ3v) is 6.35. The molecule has 0 amide bonds. The van der Waals surface area contributed by atoms with Crippen molar-refractivity contribution in [1.29, 1.82) is 0 Å². The van der Waals surface area contributed by atoms with Crippen LogP contribution in [0, 0.1) is 0 Å². The fraction of sp³-hybridized carbons (Fsp3) is 0.714. The second-order valence-corrected chi connectivity index (χ2v) is 7.55. The molecule has 0 aromatic carbocycles. The quantitative estimate of drug-likeness (QED) is 0.763. The standard InChI is InChI=1S/C14H24N2O2S2/c1-6-14(7-2,19-5)9-15-12-16-10(8-20-12)13(3,4)11(17)18/h8H,6-7,9H2,1-5H3,(H,15,16)(H,17,18). The molecule has 0 unspecified atom stereocenters. The summed E-state index contributed by atoms with van der Waals surface area (Å²) in [7, 11) is 0. The molecule has 0 bridgehead atoms. The van der Waals surface area contributed by atoms with Gasteiger partial charge in [-0.2, -0.15) is 11.8 Å². The number of hydrogen-bond acceptors (Lipinski definition) is 5. The van der Waals surface area contributed by atoms with Crippen molar-refractivity contribution >= 4 is 34.2 Å². The maximum atomic E-state index is 11.2. The number of carbonyl (C=O) groups is 1. The number of carboxylic acid groups (broad SMARTS) is 1. The van der Waals surface area contributed by atoms with Gasteiger partial charge in [-0.05, 0) is 32.9 Å². The Balaban J connectivity index is 2.77. The molecular weight excluding hydrogens is 292 g/mol. The van der Waals surface area contributed by atoms with Crippen molar-refractivity contribution in [2.45, 2.75) is 50.7 Å². The monoisotopic (exact) mass is 316 g/mol. The van der Waals surface area contributed by atoms with E-state index < -0.39 is 11.4 Å². The van der Waals surface area contributed by atoms with E-state index in [0.717, 1.165) is 24.5 Å². The van der Waals surface area contributed by atoms with Crippen molar-refractivity contribution in [2.75, 3.05) is 18.1 Å². The van der Waals surface area contributed by atoms with Gasteiger partial charge in [0.1, 0.15) is 5.41 Å². The Hall–Kier alpha value is -0.750. The Kier molecular flexibility index (Phi) is 5.89. The number of rotatable bonds is 8. The maximum Gasteiger partial charge on any atom is 0.315 e. The van der Waals surface area contributed by atoms with Crippen molar-refractivity contribution in [2.24, 2.45) is 0 Å². The average molecular weight is 316 g/mol. The Morgan fingerprint density at radius 1 is 1.45 bits per heavy atom. The number of nitrogens with zero attached hydrogens (tertiary/aromatic N) is 1. The van der Waals surface area contributed by atoms with Crippen LogP contribution in [0.4, 0.5) is 5.13 Å². The lowest BCUT2D eigenvalue weighted by molar-refractivity contribution is -0.142. The van der Waals surface area contributed by atoms with Crippen LogP contribution >= 0.6 is 23.1 Å². The number of nitrogens with one attached hydrogen (secondary N) is 1. The van der Waals surface area contributed by atoms with Gasteiger partial charge in [0.05, 0.1) is 5.69 Å². The number of hydrogen-bond donors (Lipinski definition) is 2. The van der Waals surface area contributed by atoms with E-state index in [0.29, 0.717) is 5.69 Å². The van der Waals surface area contributed by atoms with Crippen molar-refractivity contribution in [3.8, 4) is 0 Å². The first kappa shape index (κ1) is 17.3. The number of thioether (sulfide) groups is 1. The largest absolute Gasteiger partial charge is 0.481 e. The molecule has 0 spiro atoms. The van der Waals surface area contributed by atoms with Gasteiger partial charge in [0.15, 0.2) is 5.13 Å². The topological polar surface area (TPSA) is 62.2 Å². The van der Waals surface area contributed by atoms with Crippen molar-refractivity contribution in [1.82, 2.24) is 4.98 Å². The van der Waals surface area contributed by atoms with Crippen LogP contribution in [0.5, 0.6) is 0 Å². The molecule has 1 heterocycles. The van der Waals surface area contributed by atoms with E-state index in [2.05, 4.69) is 30.4 Å². The van der Waals surface area contributed by atoms with Gasteiger partial charge in [0, 0.05) is 16.7 Å². The van der Waals surface area contributed by atoms with Gasteiger partial charge in [0.25, 0.3) is 0 Å². The third kappa shape index (κ3) is 3.67. The Bertz CT molecular complexity index is 446. The predicted octanol–water partition coefficient (Wildman–Crippen LogP) is 3.84. The summed E-state index contributed by atoms with van der Waals surface area (Å²) in [6.45, 7) is 8.60. The van der Waals surface area contributed by atoms with E-state index in [4.69, 9.17) is 0 Å². The molecule has 0 fully saturated rings. The molecule has 1 rings (SSSR count). The van der Waals surface area contributed by atoms with Gasteiger partial charge in [0.2, 0.25) is 0 Å². The Morgan fingerprint density at radius 2 is 2.05 bits per heavy atom. The highest BCUT2D eigenvalue weighted by atomic mass is 32.2. The van der Waals surface area contributed by atoms with Gasteiger partial charge < -0.3 is 10.4 Å². The molecule has 0 radical (unpaired) electrons. The van der Waals surface area contributed by atoms with Crippen molar-refractivity contribution in [3.63, 3.8) is 0 Å². The normalized spacial score (nSPS) is 12.4. The molecule has 0 aliphatic heterocycles. The molecule has 114 valence electrons. The first-order chi connectivity index (χ1) is 9.31. The summed E-state index contributed by atoms with van der Waals surface area (Å²) < 4.78 is 0.216. The second-order valence-electron chi connectivity index (χ2n) is 5.42. The lowest BCUT2D eigenvalue weighted by Crippen LogP contribution is -2.32. The highest BCUT2D eigenvalue weighted by Gasteiger charge is 2.32. The summed E-state index contributed by atoms with van der Waals surface area (Å²) in [5.74, 6) is -0.852. The lowest BCUT2D eigenvalue weighted by Gasteiger charge is -2.29. The number of carboxylic acids is 1. The van der Waals surface area contributed by atoms with E-state index in [1.54, 1.807) is 13.8 Å².